The van der Waals surface area contributed by atoms with E-state index in [-0.39, 0.29) is 5.82 Å². The van der Waals surface area contributed by atoms with Gasteiger partial charge in [0.1, 0.15) is 28.5 Å². The SMILES string of the molecule is [2H]C([2H])([2H])c1nc(-c2ccc(-c3cc(C([2H])(C)C)c(-n4c(-c5c(C)ccc6c5oc5c7ccccc7ccc65)[n+](C)c5ccccc54)c(C([2H])(C)C)c3)cc2)nc(C([2H])([2H])[2H])n1. The highest BCUT2D eigenvalue weighted by Crippen LogP contribution is 2.44. The van der Waals surface area contributed by atoms with E-state index in [1.165, 1.54) is 0 Å². The highest BCUT2D eigenvalue weighted by molar-refractivity contribution is 6.17. The summed E-state index contributed by atoms with van der Waals surface area (Å²) in [6.45, 7) is 4.02. The Bertz CT molecular complexity index is 3190. The molecule has 0 aliphatic rings. The number of aryl methyl sites for hydroxylation is 4. The molecule has 0 radical (unpaired) electrons. The minimum Gasteiger partial charge on any atom is -0.454 e. The number of hydrogen-bond donors (Lipinski definition) is 0. The lowest BCUT2D eigenvalue weighted by atomic mass is 9.87. The van der Waals surface area contributed by atoms with Crippen LogP contribution in [0.2, 0.25) is 0 Å². The first kappa shape index (κ1) is 25.8. The van der Waals surface area contributed by atoms with Crippen LogP contribution in [-0.2, 0) is 7.05 Å². The molecule has 9 rings (SSSR count). The van der Waals surface area contributed by atoms with Crippen molar-refractivity contribution in [3.63, 3.8) is 0 Å². The van der Waals surface area contributed by atoms with E-state index in [4.69, 9.17) is 12.6 Å². The second-order valence-electron chi connectivity index (χ2n) is 14.4. The summed E-state index contributed by atoms with van der Waals surface area (Å²) in [4.78, 5) is 12.0. The third kappa shape index (κ3) is 5.31. The number of fused-ring (bicyclic) bond motifs is 6. The third-order valence-corrected chi connectivity index (χ3v) is 10.5. The Morgan fingerprint density at radius 1 is 0.667 bits per heavy atom. The summed E-state index contributed by atoms with van der Waals surface area (Å²) >= 11 is 0. The summed E-state index contributed by atoms with van der Waals surface area (Å²) in [5.41, 5.74) is 9.40. The quantitative estimate of drug-likeness (QED) is 0.161. The lowest BCUT2D eigenvalue weighted by Crippen LogP contribution is -2.30. The summed E-state index contributed by atoms with van der Waals surface area (Å²) in [5, 5.41) is 4.13. The van der Waals surface area contributed by atoms with Crippen LogP contribution in [-0.4, -0.2) is 19.5 Å². The van der Waals surface area contributed by atoms with Crippen LogP contribution in [0.5, 0.6) is 0 Å². The molecule has 6 nitrogen and oxygen atoms in total. The average molecular weight is 715 g/mol. The molecule has 6 aromatic carbocycles. The predicted molar refractivity (Wildman–Crippen MR) is 221 cm³/mol. The molecule has 0 saturated carbocycles. The number of rotatable bonds is 6. The smallest absolute Gasteiger partial charge is 0.299 e. The molecule has 0 bridgehead atoms. The first-order chi connectivity index (χ1) is 29.1. The van der Waals surface area contributed by atoms with Crippen LogP contribution >= 0.6 is 0 Å². The zero-order valence-electron chi connectivity index (χ0n) is 39.0. The summed E-state index contributed by atoms with van der Waals surface area (Å²) in [6.07, 6.45) is 0. The molecule has 0 amide bonds. The van der Waals surface area contributed by atoms with Crippen LogP contribution in [0.4, 0.5) is 0 Å². The first-order valence-electron chi connectivity index (χ1n) is 22.0. The summed E-state index contributed by atoms with van der Waals surface area (Å²) < 4.78 is 77.9. The van der Waals surface area contributed by atoms with Gasteiger partial charge in [0.2, 0.25) is 0 Å². The van der Waals surface area contributed by atoms with Gasteiger partial charge in [-0.2, -0.15) is 4.57 Å². The van der Waals surface area contributed by atoms with Crippen molar-refractivity contribution in [3.8, 4) is 39.6 Å². The highest BCUT2D eigenvalue weighted by Gasteiger charge is 2.34. The fourth-order valence-corrected chi connectivity index (χ4v) is 7.89. The van der Waals surface area contributed by atoms with Gasteiger partial charge < -0.3 is 4.42 Å². The van der Waals surface area contributed by atoms with E-state index in [1.54, 1.807) is 12.1 Å². The largest absolute Gasteiger partial charge is 0.454 e. The molecule has 54 heavy (non-hydrogen) atoms. The lowest BCUT2D eigenvalue weighted by molar-refractivity contribution is -0.633. The Hall–Kier alpha value is -6.14. The Balaban J connectivity index is 1.30. The van der Waals surface area contributed by atoms with Crippen molar-refractivity contribution in [1.82, 2.24) is 19.5 Å². The van der Waals surface area contributed by atoms with Gasteiger partial charge in [0.25, 0.3) is 5.82 Å². The minimum atomic E-state index is -2.74. The van der Waals surface area contributed by atoms with Crippen LogP contribution in [0.1, 0.15) is 78.8 Å². The normalized spacial score (nSPS) is 15.1. The minimum absolute atomic E-state index is 0.0667. The zero-order valence-corrected chi connectivity index (χ0v) is 31.0. The molecule has 0 aliphatic heterocycles. The predicted octanol–water partition coefficient (Wildman–Crippen LogP) is 11.9. The number of benzene rings is 6. The van der Waals surface area contributed by atoms with Gasteiger partial charge in [-0.3, -0.25) is 0 Å². The van der Waals surface area contributed by atoms with E-state index in [2.05, 4.69) is 79.5 Å². The first-order valence-corrected chi connectivity index (χ1v) is 18.0. The maximum Gasteiger partial charge on any atom is 0.299 e. The Labute approximate surface area is 327 Å². The van der Waals surface area contributed by atoms with Gasteiger partial charge in [0.05, 0.1) is 7.05 Å². The van der Waals surface area contributed by atoms with Crippen molar-refractivity contribution < 1.29 is 20.0 Å². The van der Waals surface area contributed by atoms with Gasteiger partial charge in [0.15, 0.2) is 22.4 Å². The van der Waals surface area contributed by atoms with Crippen molar-refractivity contribution in [2.45, 2.75) is 60.1 Å². The van der Waals surface area contributed by atoms with Gasteiger partial charge in [-0.05, 0) is 84.8 Å². The van der Waals surface area contributed by atoms with Crippen molar-refractivity contribution in [2.75, 3.05) is 0 Å². The maximum atomic E-state index is 9.71. The molecule has 266 valence electrons. The van der Waals surface area contributed by atoms with Crippen molar-refractivity contribution in [3.05, 3.63) is 138 Å². The van der Waals surface area contributed by atoms with Gasteiger partial charge in [0, 0.05) is 43.8 Å². The molecule has 9 aromatic rings. The van der Waals surface area contributed by atoms with Gasteiger partial charge in [-0.15, -0.1) is 0 Å². The Kier molecular flexibility index (Phi) is 6.09. The molecule has 0 saturated heterocycles. The van der Waals surface area contributed by atoms with Crippen LogP contribution in [0.15, 0.2) is 114 Å². The number of hydrogen-bond acceptors (Lipinski definition) is 4. The monoisotopic (exact) mass is 714 g/mol. The van der Waals surface area contributed by atoms with Crippen molar-refractivity contribution in [1.29, 1.82) is 0 Å². The fourth-order valence-electron chi connectivity index (χ4n) is 7.89. The average Bonchev–Trinajstić information content (AvgIpc) is 3.74. The molecule has 0 aliphatic carbocycles. The molecule has 0 N–H and O–H groups in total. The number of para-hydroxylation sites is 2. The Morgan fingerprint density at radius 3 is 2.00 bits per heavy atom. The number of imidazole rings is 1. The van der Waals surface area contributed by atoms with E-state index in [1.807, 2.05) is 83.3 Å². The van der Waals surface area contributed by atoms with E-state index in [9.17, 15) is 2.74 Å². The van der Waals surface area contributed by atoms with E-state index in [0.29, 0.717) is 16.7 Å². The van der Waals surface area contributed by atoms with Crippen LogP contribution < -0.4 is 4.57 Å². The fraction of sp³-hybridized carbons (Fsp3) is 0.208. The molecular weight excluding hydrogens is 663 g/mol. The maximum absolute atomic E-state index is 9.71. The molecule has 3 heterocycles. The number of nitrogens with zero attached hydrogens (tertiary/aromatic N) is 5. The van der Waals surface area contributed by atoms with Gasteiger partial charge in [-0.25, -0.2) is 19.5 Å². The zero-order chi connectivity index (χ0) is 44.3. The molecule has 0 fully saturated rings. The van der Waals surface area contributed by atoms with Gasteiger partial charge in [-0.1, -0.05) is 107 Å². The third-order valence-electron chi connectivity index (χ3n) is 10.5. The van der Waals surface area contributed by atoms with Crippen molar-refractivity contribution >= 4 is 43.7 Å². The topological polar surface area (TPSA) is 60.6 Å². The molecule has 3 aromatic heterocycles. The van der Waals surface area contributed by atoms with Gasteiger partial charge >= 0.3 is 0 Å². The second kappa shape index (κ2) is 12.8. The summed E-state index contributed by atoms with van der Waals surface area (Å²) in [6, 6.07) is 36.0. The standard InChI is InChI=1S/C48H44N5O/c1-27(2)39-25-35(32-18-20-34(21-19-32)47-50-30(6)49-31(7)51-47)26-40(28(3)4)44(39)53-42-16-12-11-15-41(42)52(8)48(53)43-29(5)17-23-38-37-24-22-33-13-9-10-14-36(33)45(37)54-46(38)43/h9-28H,1-8H3/q+1/i6D3,7D3,27D,28D. The summed E-state index contributed by atoms with van der Waals surface area (Å²) in [7, 11) is 2.05. The highest BCUT2D eigenvalue weighted by atomic mass is 16.3. The Morgan fingerprint density at radius 2 is 1.30 bits per heavy atom. The molecule has 6 heteroatoms. The molecule has 0 spiro atoms. The van der Waals surface area contributed by atoms with E-state index >= 15 is 0 Å². The van der Waals surface area contributed by atoms with Crippen LogP contribution in [0.25, 0.3) is 83.3 Å². The molecule has 0 atom stereocenters. The summed E-state index contributed by atoms with van der Waals surface area (Å²) in [5.74, 6) is -2.73. The van der Waals surface area contributed by atoms with E-state index < -0.39 is 37.1 Å². The van der Waals surface area contributed by atoms with Crippen LogP contribution in [0, 0.1) is 20.6 Å². The second-order valence-corrected chi connectivity index (χ2v) is 14.4. The van der Waals surface area contributed by atoms with Crippen LogP contribution in [0.3, 0.4) is 0 Å². The molecule has 0 unspecified atom stereocenters. The number of aromatic nitrogens is 5. The number of furan rings is 1. The lowest BCUT2D eigenvalue weighted by Gasteiger charge is -2.21. The molecular formula is C48H44N5O+. The van der Waals surface area contributed by atoms with Crippen molar-refractivity contribution in [2.24, 2.45) is 7.05 Å². The van der Waals surface area contributed by atoms with E-state index in [0.717, 1.165) is 77.5 Å².